The average Bonchev–Trinajstić information content (AvgIpc) is 2.54. The number of hydrogen-bond donors (Lipinski definition) is 0. The highest BCUT2D eigenvalue weighted by atomic mass is 35.5. The smallest absolute Gasteiger partial charge is 0.222 e. The molecule has 0 unspecified atom stereocenters. The van der Waals surface area contributed by atoms with Gasteiger partial charge in [-0.2, -0.15) is 0 Å². The first kappa shape index (κ1) is 14.8. The molecule has 1 aromatic heterocycles. The fraction of sp³-hybridized carbons (Fsp3) is 0.0588. The van der Waals surface area contributed by atoms with Crippen molar-refractivity contribution in [1.29, 1.82) is 0 Å². The van der Waals surface area contributed by atoms with Crippen molar-refractivity contribution in [2.45, 2.75) is 6.61 Å². The Labute approximate surface area is 138 Å². The molecule has 0 aliphatic heterocycles. The second kappa shape index (κ2) is 6.77. The SMILES string of the molecule is Clc1ccc(OCc2ccccc2)c(-c2ccnc(Cl)n2)c1. The minimum absolute atomic E-state index is 0.187. The van der Waals surface area contributed by atoms with E-state index < -0.39 is 0 Å². The molecule has 3 rings (SSSR count). The van der Waals surface area contributed by atoms with E-state index in [1.165, 1.54) is 0 Å². The van der Waals surface area contributed by atoms with Gasteiger partial charge in [-0.05, 0) is 41.4 Å². The van der Waals surface area contributed by atoms with Crippen molar-refractivity contribution in [3.05, 3.63) is 76.7 Å². The van der Waals surface area contributed by atoms with Gasteiger partial charge < -0.3 is 4.74 Å². The van der Waals surface area contributed by atoms with Crippen LogP contribution < -0.4 is 4.74 Å². The third-order valence-corrected chi connectivity index (χ3v) is 3.50. The molecule has 0 aliphatic rings. The normalized spacial score (nSPS) is 10.5. The molecule has 3 aromatic rings. The number of nitrogens with zero attached hydrogens (tertiary/aromatic N) is 2. The predicted molar refractivity (Wildman–Crippen MR) is 88.3 cm³/mol. The van der Waals surface area contributed by atoms with Gasteiger partial charge in [0.25, 0.3) is 0 Å². The number of halogens is 2. The van der Waals surface area contributed by atoms with Crippen molar-refractivity contribution in [2.24, 2.45) is 0 Å². The zero-order valence-corrected chi connectivity index (χ0v) is 13.1. The zero-order chi connectivity index (χ0) is 15.4. The van der Waals surface area contributed by atoms with Crippen molar-refractivity contribution in [3.8, 4) is 17.0 Å². The van der Waals surface area contributed by atoms with Crippen LogP contribution in [-0.2, 0) is 6.61 Å². The van der Waals surface area contributed by atoms with Crippen molar-refractivity contribution >= 4 is 23.2 Å². The first-order valence-corrected chi connectivity index (χ1v) is 7.43. The van der Waals surface area contributed by atoms with Gasteiger partial charge in [-0.1, -0.05) is 41.9 Å². The lowest BCUT2D eigenvalue weighted by molar-refractivity contribution is 0.307. The van der Waals surface area contributed by atoms with Crippen molar-refractivity contribution in [2.75, 3.05) is 0 Å². The zero-order valence-electron chi connectivity index (χ0n) is 11.5. The van der Waals surface area contributed by atoms with Crippen molar-refractivity contribution in [3.63, 3.8) is 0 Å². The summed E-state index contributed by atoms with van der Waals surface area (Å²) >= 11 is 12.0. The maximum Gasteiger partial charge on any atom is 0.222 e. The molecule has 0 fully saturated rings. The first-order valence-electron chi connectivity index (χ1n) is 6.67. The summed E-state index contributed by atoms with van der Waals surface area (Å²) in [6.45, 7) is 0.467. The maximum atomic E-state index is 6.09. The van der Waals surface area contributed by atoms with Crippen LogP contribution in [0.3, 0.4) is 0 Å². The molecular weight excluding hydrogens is 319 g/mol. The fourth-order valence-electron chi connectivity index (χ4n) is 2.05. The second-order valence-corrected chi connectivity index (χ2v) is 5.40. The Morgan fingerprint density at radius 2 is 1.77 bits per heavy atom. The highest BCUT2D eigenvalue weighted by Crippen LogP contribution is 2.32. The van der Waals surface area contributed by atoms with Gasteiger partial charge in [0.05, 0.1) is 5.69 Å². The third kappa shape index (κ3) is 3.56. The van der Waals surface area contributed by atoms with Gasteiger partial charge in [-0.3, -0.25) is 0 Å². The Kier molecular flexibility index (Phi) is 4.56. The lowest BCUT2D eigenvalue weighted by Crippen LogP contribution is -1.98. The molecule has 0 bridgehead atoms. The highest BCUT2D eigenvalue weighted by Gasteiger charge is 2.10. The number of rotatable bonds is 4. The van der Waals surface area contributed by atoms with Gasteiger partial charge in [0.2, 0.25) is 5.28 Å². The van der Waals surface area contributed by atoms with Gasteiger partial charge in [-0.25, -0.2) is 9.97 Å². The Morgan fingerprint density at radius 1 is 0.955 bits per heavy atom. The molecule has 0 saturated carbocycles. The molecule has 0 N–H and O–H groups in total. The van der Waals surface area contributed by atoms with Crippen LogP contribution in [0, 0.1) is 0 Å². The average molecular weight is 331 g/mol. The Balaban J connectivity index is 1.91. The van der Waals surface area contributed by atoms with Gasteiger partial charge in [0.15, 0.2) is 0 Å². The lowest BCUT2D eigenvalue weighted by atomic mass is 10.1. The Morgan fingerprint density at radius 3 is 2.55 bits per heavy atom. The largest absolute Gasteiger partial charge is 0.488 e. The second-order valence-electron chi connectivity index (χ2n) is 4.63. The summed E-state index contributed by atoms with van der Waals surface area (Å²) in [4.78, 5) is 8.11. The molecule has 0 radical (unpaired) electrons. The first-order chi connectivity index (χ1) is 10.7. The monoisotopic (exact) mass is 330 g/mol. The summed E-state index contributed by atoms with van der Waals surface area (Å²) in [7, 11) is 0. The lowest BCUT2D eigenvalue weighted by Gasteiger charge is -2.12. The number of aromatic nitrogens is 2. The molecule has 110 valence electrons. The molecule has 0 spiro atoms. The number of ether oxygens (including phenoxy) is 1. The van der Waals surface area contributed by atoms with E-state index >= 15 is 0 Å². The van der Waals surface area contributed by atoms with Gasteiger partial charge in [0.1, 0.15) is 12.4 Å². The molecule has 0 atom stereocenters. The van der Waals surface area contributed by atoms with Crippen LogP contribution in [0.25, 0.3) is 11.3 Å². The van der Waals surface area contributed by atoms with Crippen LogP contribution in [0.15, 0.2) is 60.8 Å². The summed E-state index contributed by atoms with van der Waals surface area (Å²) in [6.07, 6.45) is 1.60. The van der Waals surface area contributed by atoms with E-state index in [1.807, 2.05) is 36.4 Å². The third-order valence-electron chi connectivity index (χ3n) is 3.08. The van der Waals surface area contributed by atoms with Crippen LogP contribution in [0.2, 0.25) is 10.3 Å². The van der Waals surface area contributed by atoms with Gasteiger partial charge in [-0.15, -0.1) is 0 Å². The van der Waals surface area contributed by atoms with Gasteiger partial charge >= 0.3 is 0 Å². The molecule has 0 amide bonds. The quantitative estimate of drug-likeness (QED) is 0.629. The summed E-state index contributed by atoms with van der Waals surface area (Å²) in [5.41, 5.74) is 2.54. The molecule has 2 aromatic carbocycles. The predicted octanol–water partition coefficient (Wildman–Crippen LogP) is 5.03. The van der Waals surface area contributed by atoms with Crippen LogP contribution in [-0.4, -0.2) is 9.97 Å². The van der Waals surface area contributed by atoms with Crippen LogP contribution in [0.1, 0.15) is 5.56 Å². The minimum atomic E-state index is 0.187. The number of benzene rings is 2. The topological polar surface area (TPSA) is 35.0 Å². The van der Waals surface area contributed by atoms with E-state index in [0.717, 1.165) is 11.1 Å². The minimum Gasteiger partial charge on any atom is -0.488 e. The van der Waals surface area contributed by atoms with E-state index in [1.54, 1.807) is 24.4 Å². The summed E-state index contributed by atoms with van der Waals surface area (Å²) < 4.78 is 5.91. The van der Waals surface area contributed by atoms with E-state index in [0.29, 0.717) is 23.1 Å². The van der Waals surface area contributed by atoms with Crippen LogP contribution >= 0.6 is 23.2 Å². The maximum absolute atomic E-state index is 6.09. The fourth-order valence-corrected chi connectivity index (χ4v) is 2.37. The summed E-state index contributed by atoms with van der Waals surface area (Å²) in [5, 5.41) is 0.795. The molecule has 5 heteroatoms. The van der Waals surface area contributed by atoms with Crippen molar-refractivity contribution in [1.82, 2.24) is 9.97 Å². The summed E-state index contributed by atoms with van der Waals surface area (Å²) in [5.74, 6) is 0.697. The van der Waals surface area contributed by atoms with E-state index in [2.05, 4.69) is 9.97 Å². The molecule has 0 aliphatic carbocycles. The van der Waals surface area contributed by atoms with E-state index in [9.17, 15) is 0 Å². The van der Waals surface area contributed by atoms with Crippen LogP contribution in [0.4, 0.5) is 0 Å². The molecule has 1 heterocycles. The van der Waals surface area contributed by atoms with E-state index in [4.69, 9.17) is 27.9 Å². The molecular formula is C17H12Cl2N2O. The van der Waals surface area contributed by atoms with Crippen molar-refractivity contribution < 1.29 is 4.74 Å². The molecule has 22 heavy (non-hydrogen) atoms. The Hall–Kier alpha value is -2.10. The highest BCUT2D eigenvalue weighted by molar-refractivity contribution is 6.31. The van der Waals surface area contributed by atoms with E-state index in [-0.39, 0.29) is 5.28 Å². The standard InChI is InChI=1S/C17H12Cl2N2O/c18-13-6-7-16(22-11-12-4-2-1-3-5-12)14(10-13)15-8-9-20-17(19)21-15/h1-10H,11H2. The Bertz CT molecular complexity index is 779. The molecule has 3 nitrogen and oxygen atoms in total. The number of hydrogen-bond acceptors (Lipinski definition) is 3. The molecule has 0 saturated heterocycles. The van der Waals surface area contributed by atoms with Gasteiger partial charge in [0, 0.05) is 16.8 Å². The summed E-state index contributed by atoms with van der Waals surface area (Å²) in [6, 6.07) is 17.1. The van der Waals surface area contributed by atoms with Crippen LogP contribution in [0.5, 0.6) is 5.75 Å².